The molecule has 3 aromatic rings. The van der Waals surface area contributed by atoms with Gasteiger partial charge in [0.15, 0.2) is 5.82 Å². The molecule has 1 saturated carbocycles. The Morgan fingerprint density at radius 2 is 1.96 bits per heavy atom. The first kappa shape index (κ1) is 17.4. The summed E-state index contributed by atoms with van der Waals surface area (Å²) in [5.74, 6) is 1.74. The lowest BCUT2D eigenvalue weighted by atomic mass is 10.1. The average Bonchev–Trinajstić information content (AvgIpc) is 3.43. The molecule has 1 aliphatic rings. The van der Waals surface area contributed by atoms with E-state index >= 15 is 0 Å². The summed E-state index contributed by atoms with van der Waals surface area (Å²) in [6.45, 7) is 0. The Kier molecular flexibility index (Phi) is 4.68. The molecule has 1 aliphatic carbocycles. The van der Waals surface area contributed by atoms with Gasteiger partial charge in [-0.15, -0.1) is 0 Å². The van der Waals surface area contributed by atoms with Gasteiger partial charge in [0.1, 0.15) is 5.82 Å². The number of nitrogens with one attached hydrogen (secondary N) is 4. The molecule has 7 nitrogen and oxygen atoms in total. The topological polar surface area (TPSA) is 94.7 Å². The molecular weight excluding hydrogens is 364 g/mol. The predicted octanol–water partition coefficient (Wildman–Crippen LogP) is 4.18. The van der Waals surface area contributed by atoms with Crippen molar-refractivity contribution in [3.8, 4) is 0 Å². The third-order valence-electron chi connectivity index (χ3n) is 4.39. The molecule has 2 heterocycles. The van der Waals surface area contributed by atoms with Gasteiger partial charge in [0.2, 0.25) is 0 Å². The van der Waals surface area contributed by atoms with Crippen molar-refractivity contribution in [3.05, 3.63) is 58.9 Å². The maximum absolute atomic E-state index is 12.1. The second-order valence-electron chi connectivity index (χ2n) is 6.41. The second kappa shape index (κ2) is 7.28. The molecule has 0 aliphatic heterocycles. The van der Waals surface area contributed by atoms with Gasteiger partial charge in [-0.25, -0.2) is 4.98 Å². The molecule has 27 heavy (non-hydrogen) atoms. The molecule has 0 radical (unpaired) electrons. The third-order valence-corrected chi connectivity index (χ3v) is 4.70. The number of hydrogen-bond acceptors (Lipinski definition) is 5. The molecule has 4 rings (SSSR count). The zero-order chi connectivity index (χ0) is 18.8. The smallest absolute Gasteiger partial charge is 0.253 e. The highest BCUT2D eigenvalue weighted by Gasteiger charge is 2.25. The number of nitrogens with zero attached hydrogens (tertiary/aromatic N) is 2. The van der Waals surface area contributed by atoms with Crippen molar-refractivity contribution in [3.63, 3.8) is 0 Å². The van der Waals surface area contributed by atoms with Crippen LogP contribution in [0.25, 0.3) is 0 Å². The van der Waals surface area contributed by atoms with Crippen molar-refractivity contribution >= 4 is 40.5 Å². The summed E-state index contributed by atoms with van der Waals surface area (Å²) in [4.78, 5) is 16.4. The number of hydrogen-bond donors (Lipinski definition) is 4. The number of anilines is 4. The molecule has 0 bridgehead atoms. The van der Waals surface area contributed by atoms with E-state index in [0.29, 0.717) is 39.5 Å². The lowest BCUT2D eigenvalue weighted by Crippen LogP contribution is -2.19. The van der Waals surface area contributed by atoms with Crippen molar-refractivity contribution in [2.24, 2.45) is 0 Å². The zero-order valence-electron chi connectivity index (χ0n) is 14.7. The molecule has 1 aromatic carbocycles. The van der Waals surface area contributed by atoms with Crippen LogP contribution < -0.4 is 16.0 Å². The molecule has 4 N–H and O–H groups in total. The molecule has 2 aromatic heterocycles. The lowest BCUT2D eigenvalue weighted by Gasteiger charge is -2.13. The predicted molar refractivity (Wildman–Crippen MR) is 106 cm³/mol. The van der Waals surface area contributed by atoms with Crippen LogP contribution in [0.15, 0.2) is 42.6 Å². The Bertz CT molecular complexity index is 982. The number of halogens is 1. The summed E-state index contributed by atoms with van der Waals surface area (Å²) in [5, 5.41) is 16.8. The fourth-order valence-electron chi connectivity index (χ4n) is 2.81. The van der Waals surface area contributed by atoms with E-state index in [2.05, 4.69) is 31.1 Å². The lowest BCUT2D eigenvalue weighted by molar-refractivity contribution is 0.0964. The van der Waals surface area contributed by atoms with Gasteiger partial charge in [0, 0.05) is 30.8 Å². The van der Waals surface area contributed by atoms with Gasteiger partial charge >= 0.3 is 0 Å². The number of H-pyrrole nitrogens is 1. The van der Waals surface area contributed by atoms with Gasteiger partial charge in [0.25, 0.3) is 5.91 Å². The monoisotopic (exact) mass is 382 g/mol. The van der Waals surface area contributed by atoms with E-state index in [1.807, 2.05) is 24.3 Å². The standard InChI is InChI=1S/C19H19ClN6O/c1-21-19(27)12-4-2-3-5-14(12)23-16-9-17(22-10-13(16)20)24-18-8-15(25-26-18)11-6-7-11/h2-5,8-11H,6-7H2,1H3,(H,21,27)(H3,22,23,24,25,26). The van der Waals surface area contributed by atoms with Gasteiger partial charge in [-0.1, -0.05) is 23.7 Å². The van der Waals surface area contributed by atoms with Gasteiger partial charge in [-0.2, -0.15) is 5.10 Å². The van der Waals surface area contributed by atoms with Crippen LogP contribution >= 0.6 is 11.6 Å². The van der Waals surface area contributed by atoms with Crippen molar-refractivity contribution in [1.82, 2.24) is 20.5 Å². The minimum absolute atomic E-state index is 0.175. The van der Waals surface area contributed by atoms with E-state index in [9.17, 15) is 4.79 Å². The van der Waals surface area contributed by atoms with E-state index < -0.39 is 0 Å². The van der Waals surface area contributed by atoms with E-state index in [-0.39, 0.29) is 5.91 Å². The number of aromatic nitrogens is 3. The Labute approximate surface area is 161 Å². The van der Waals surface area contributed by atoms with E-state index in [1.165, 1.54) is 12.8 Å². The number of rotatable bonds is 6. The van der Waals surface area contributed by atoms with Crippen LogP contribution in [0, 0.1) is 0 Å². The summed E-state index contributed by atoms with van der Waals surface area (Å²) in [6.07, 6.45) is 3.97. The number of benzene rings is 1. The number of carbonyl (C=O) groups excluding carboxylic acids is 1. The highest BCUT2D eigenvalue weighted by Crippen LogP contribution is 2.39. The van der Waals surface area contributed by atoms with Crippen LogP contribution in [0.3, 0.4) is 0 Å². The van der Waals surface area contributed by atoms with E-state index in [0.717, 1.165) is 5.69 Å². The molecule has 0 saturated heterocycles. The van der Waals surface area contributed by atoms with Crippen molar-refractivity contribution < 1.29 is 4.79 Å². The minimum atomic E-state index is -0.175. The Balaban J connectivity index is 1.56. The van der Waals surface area contributed by atoms with Crippen LogP contribution in [0.1, 0.15) is 34.8 Å². The highest BCUT2D eigenvalue weighted by atomic mass is 35.5. The quantitative estimate of drug-likeness (QED) is 0.513. The van der Waals surface area contributed by atoms with Gasteiger partial charge in [-0.05, 0) is 25.0 Å². The number of aromatic amines is 1. The van der Waals surface area contributed by atoms with Crippen LogP contribution in [-0.2, 0) is 0 Å². The SMILES string of the molecule is CNC(=O)c1ccccc1Nc1cc(Nc2cc(C3CC3)[nH]n2)ncc1Cl. The van der Waals surface area contributed by atoms with E-state index in [4.69, 9.17) is 11.6 Å². The van der Waals surface area contributed by atoms with Gasteiger partial charge in [0.05, 0.1) is 28.2 Å². The maximum Gasteiger partial charge on any atom is 0.253 e. The number of para-hydroxylation sites is 1. The van der Waals surface area contributed by atoms with Gasteiger partial charge in [-0.3, -0.25) is 9.89 Å². The molecule has 0 atom stereocenters. The summed E-state index contributed by atoms with van der Waals surface area (Å²) < 4.78 is 0. The molecule has 1 fully saturated rings. The summed E-state index contributed by atoms with van der Waals surface area (Å²) in [5.41, 5.74) is 2.98. The first-order chi connectivity index (χ1) is 13.1. The first-order valence-corrected chi connectivity index (χ1v) is 9.08. The maximum atomic E-state index is 12.1. The molecule has 8 heteroatoms. The third kappa shape index (κ3) is 3.88. The van der Waals surface area contributed by atoms with Crippen LogP contribution in [0.5, 0.6) is 0 Å². The van der Waals surface area contributed by atoms with Crippen molar-refractivity contribution in [2.45, 2.75) is 18.8 Å². The largest absolute Gasteiger partial charge is 0.355 e. The zero-order valence-corrected chi connectivity index (χ0v) is 15.5. The van der Waals surface area contributed by atoms with Crippen molar-refractivity contribution in [2.75, 3.05) is 17.7 Å². The van der Waals surface area contributed by atoms with Gasteiger partial charge < -0.3 is 16.0 Å². The van der Waals surface area contributed by atoms with Crippen LogP contribution in [0.2, 0.25) is 5.02 Å². The van der Waals surface area contributed by atoms with Crippen molar-refractivity contribution in [1.29, 1.82) is 0 Å². The first-order valence-electron chi connectivity index (χ1n) is 8.70. The minimum Gasteiger partial charge on any atom is -0.355 e. The van der Waals surface area contributed by atoms with Crippen LogP contribution in [0.4, 0.5) is 23.0 Å². The summed E-state index contributed by atoms with van der Waals surface area (Å²) in [7, 11) is 1.60. The molecule has 0 spiro atoms. The normalized spacial score (nSPS) is 13.3. The fraction of sp³-hybridized carbons (Fsp3) is 0.211. The van der Waals surface area contributed by atoms with E-state index in [1.54, 1.807) is 25.4 Å². The summed E-state index contributed by atoms with van der Waals surface area (Å²) in [6, 6.07) is 11.0. The Hall–Kier alpha value is -3.06. The summed E-state index contributed by atoms with van der Waals surface area (Å²) >= 11 is 6.29. The molecular formula is C19H19ClN6O. The second-order valence-corrected chi connectivity index (χ2v) is 6.81. The fourth-order valence-corrected chi connectivity index (χ4v) is 2.96. The average molecular weight is 383 g/mol. The molecule has 1 amide bonds. The Morgan fingerprint density at radius 1 is 1.15 bits per heavy atom. The Morgan fingerprint density at radius 3 is 2.74 bits per heavy atom. The molecule has 138 valence electrons. The van der Waals surface area contributed by atoms with Crippen LogP contribution in [-0.4, -0.2) is 28.1 Å². The number of amides is 1. The number of pyridine rings is 1. The number of carbonyl (C=O) groups is 1. The highest BCUT2D eigenvalue weighted by molar-refractivity contribution is 6.33. The molecule has 0 unspecified atom stereocenters.